The molecule has 0 unspecified atom stereocenters. The van der Waals surface area contributed by atoms with Gasteiger partial charge in [0.2, 0.25) is 0 Å². The van der Waals surface area contributed by atoms with Crippen LogP contribution in [-0.4, -0.2) is 9.55 Å². The van der Waals surface area contributed by atoms with Gasteiger partial charge in [-0.05, 0) is 49.1 Å². The Hall–Kier alpha value is -3.07. The highest BCUT2D eigenvalue weighted by Gasteiger charge is 2.15. The Balaban J connectivity index is 1.75. The first-order valence-corrected chi connectivity index (χ1v) is 9.42. The lowest BCUT2D eigenvalue weighted by Gasteiger charge is -2.13. The summed E-state index contributed by atoms with van der Waals surface area (Å²) in [5.41, 5.74) is 7.69. The fourth-order valence-electron chi connectivity index (χ4n) is 3.68. The Morgan fingerprint density at radius 2 is 1.63 bits per heavy atom. The number of nitrogens with zero attached hydrogens (tertiary/aromatic N) is 2. The molecule has 3 heteroatoms. The number of pyridine rings is 1. The molecule has 4 rings (SSSR count). The van der Waals surface area contributed by atoms with Crippen molar-refractivity contribution in [1.29, 1.82) is 0 Å². The molecule has 0 spiro atoms. The molecule has 0 aliphatic heterocycles. The van der Waals surface area contributed by atoms with Gasteiger partial charge in [-0.25, -0.2) is 4.98 Å². The standard InChI is InChI=1S/C24H25N3/c1-17-9-7-8-12-21(17)15-26-24-23-22(13-14-25-24)18(2)19(3)27(23)16-20-10-5-4-6-11-20/h4-14H,15-16H2,1-3H3,(H,25,26). The van der Waals surface area contributed by atoms with Crippen LogP contribution in [0.2, 0.25) is 0 Å². The molecule has 2 heterocycles. The summed E-state index contributed by atoms with van der Waals surface area (Å²) in [6.45, 7) is 8.17. The van der Waals surface area contributed by atoms with Crippen molar-refractivity contribution in [2.75, 3.05) is 5.32 Å². The van der Waals surface area contributed by atoms with Crippen molar-refractivity contribution in [3.8, 4) is 0 Å². The predicted molar refractivity (Wildman–Crippen MR) is 113 cm³/mol. The zero-order valence-corrected chi connectivity index (χ0v) is 16.2. The molecule has 3 nitrogen and oxygen atoms in total. The monoisotopic (exact) mass is 355 g/mol. The van der Waals surface area contributed by atoms with E-state index in [9.17, 15) is 0 Å². The van der Waals surface area contributed by atoms with E-state index < -0.39 is 0 Å². The third kappa shape index (κ3) is 3.33. The van der Waals surface area contributed by atoms with Gasteiger partial charge in [-0.1, -0.05) is 54.6 Å². The van der Waals surface area contributed by atoms with Crippen molar-refractivity contribution in [3.05, 3.63) is 94.8 Å². The van der Waals surface area contributed by atoms with E-state index in [4.69, 9.17) is 0 Å². The van der Waals surface area contributed by atoms with Crippen LogP contribution in [-0.2, 0) is 13.1 Å². The summed E-state index contributed by atoms with van der Waals surface area (Å²) in [7, 11) is 0. The normalized spacial score (nSPS) is 11.1. The van der Waals surface area contributed by atoms with E-state index in [0.29, 0.717) is 0 Å². The van der Waals surface area contributed by atoms with Gasteiger partial charge in [-0.2, -0.15) is 0 Å². The topological polar surface area (TPSA) is 29.9 Å². The molecule has 0 amide bonds. The lowest BCUT2D eigenvalue weighted by molar-refractivity contribution is 0.799. The summed E-state index contributed by atoms with van der Waals surface area (Å²) in [4.78, 5) is 4.68. The molecule has 2 aromatic carbocycles. The molecule has 4 aromatic rings. The van der Waals surface area contributed by atoms with Crippen LogP contribution in [0.3, 0.4) is 0 Å². The van der Waals surface area contributed by atoms with Crippen LogP contribution in [0.25, 0.3) is 10.9 Å². The zero-order valence-electron chi connectivity index (χ0n) is 16.2. The van der Waals surface area contributed by atoms with Crippen LogP contribution < -0.4 is 5.32 Å². The molecule has 2 aromatic heterocycles. The second kappa shape index (κ2) is 7.28. The SMILES string of the molecule is Cc1ccccc1CNc1nccc2c(C)c(C)n(Cc3ccccc3)c12. The average molecular weight is 355 g/mol. The zero-order chi connectivity index (χ0) is 18.8. The molecule has 0 fully saturated rings. The summed E-state index contributed by atoms with van der Waals surface area (Å²) in [6.07, 6.45) is 1.90. The number of nitrogens with one attached hydrogen (secondary N) is 1. The molecule has 0 bridgehead atoms. The first kappa shape index (κ1) is 17.3. The highest BCUT2D eigenvalue weighted by atomic mass is 15.1. The van der Waals surface area contributed by atoms with Crippen LogP contribution in [0.15, 0.2) is 66.9 Å². The van der Waals surface area contributed by atoms with E-state index in [1.165, 1.54) is 38.9 Å². The van der Waals surface area contributed by atoms with Gasteiger partial charge in [-0.15, -0.1) is 0 Å². The van der Waals surface area contributed by atoms with Crippen LogP contribution in [0.5, 0.6) is 0 Å². The molecular weight excluding hydrogens is 330 g/mol. The Labute approximate surface area is 160 Å². The van der Waals surface area contributed by atoms with Gasteiger partial charge < -0.3 is 9.88 Å². The molecule has 0 saturated heterocycles. The van der Waals surface area contributed by atoms with Gasteiger partial charge in [0.25, 0.3) is 0 Å². The van der Waals surface area contributed by atoms with Gasteiger partial charge in [0.05, 0.1) is 5.52 Å². The highest BCUT2D eigenvalue weighted by molar-refractivity contribution is 5.93. The number of rotatable bonds is 5. The van der Waals surface area contributed by atoms with Crippen LogP contribution in [0.1, 0.15) is 27.9 Å². The predicted octanol–water partition coefficient (Wildman–Crippen LogP) is 5.62. The molecule has 1 N–H and O–H groups in total. The van der Waals surface area contributed by atoms with Gasteiger partial charge in [-0.3, -0.25) is 0 Å². The minimum atomic E-state index is 0.771. The van der Waals surface area contributed by atoms with Crippen molar-refractivity contribution >= 4 is 16.7 Å². The second-order valence-corrected chi connectivity index (χ2v) is 7.12. The summed E-state index contributed by atoms with van der Waals surface area (Å²) in [6, 6.07) is 21.2. The molecule has 27 heavy (non-hydrogen) atoms. The van der Waals surface area contributed by atoms with E-state index in [2.05, 4.69) is 96.3 Å². The second-order valence-electron chi connectivity index (χ2n) is 7.12. The number of benzene rings is 2. The molecule has 0 aliphatic carbocycles. The third-order valence-electron chi connectivity index (χ3n) is 5.44. The van der Waals surface area contributed by atoms with E-state index in [-0.39, 0.29) is 0 Å². The Bertz CT molecular complexity index is 1080. The maximum absolute atomic E-state index is 4.68. The molecule has 136 valence electrons. The van der Waals surface area contributed by atoms with Crippen LogP contribution >= 0.6 is 0 Å². The summed E-state index contributed by atoms with van der Waals surface area (Å²) >= 11 is 0. The fraction of sp³-hybridized carbons (Fsp3) is 0.208. The largest absolute Gasteiger partial charge is 0.364 e. The first-order valence-electron chi connectivity index (χ1n) is 9.42. The fourth-order valence-corrected chi connectivity index (χ4v) is 3.68. The third-order valence-corrected chi connectivity index (χ3v) is 5.44. The number of aromatic nitrogens is 2. The minimum absolute atomic E-state index is 0.771. The van der Waals surface area contributed by atoms with E-state index in [1.807, 2.05) is 6.20 Å². The van der Waals surface area contributed by atoms with Gasteiger partial charge >= 0.3 is 0 Å². The van der Waals surface area contributed by atoms with Crippen LogP contribution in [0, 0.1) is 20.8 Å². The summed E-state index contributed by atoms with van der Waals surface area (Å²) in [5.74, 6) is 0.947. The lowest BCUT2D eigenvalue weighted by atomic mass is 10.1. The van der Waals surface area contributed by atoms with Crippen LogP contribution in [0.4, 0.5) is 5.82 Å². The summed E-state index contributed by atoms with van der Waals surface area (Å²) < 4.78 is 2.38. The van der Waals surface area contributed by atoms with Gasteiger partial charge in [0, 0.05) is 30.4 Å². The Kier molecular flexibility index (Phi) is 4.68. The number of fused-ring (bicyclic) bond motifs is 1. The van der Waals surface area contributed by atoms with Crippen molar-refractivity contribution in [1.82, 2.24) is 9.55 Å². The molecule has 0 atom stereocenters. The molecular formula is C24H25N3. The van der Waals surface area contributed by atoms with E-state index >= 15 is 0 Å². The van der Waals surface area contributed by atoms with Gasteiger partial charge in [0.15, 0.2) is 5.82 Å². The van der Waals surface area contributed by atoms with Crippen molar-refractivity contribution in [2.24, 2.45) is 0 Å². The average Bonchev–Trinajstić information content (AvgIpc) is 2.94. The Morgan fingerprint density at radius 3 is 2.41 bits per heavy atom. The van der Waals surface area contributed by atoms with Crippen molar-refractivity contribution in [3.63, 3.8) is 0 Å². The quantitative estimate of drug-likeness (QED) is 0.503. The Morgan fingerprint density at radius 1 is 0.889 bits per heavy atom. The van der Waals surface area contributed by atoms with Gasteiger partial charge in [0.1, 0.15) is 0 Å². The number of hydrogen-bond donors (Lipinski definition) is 1. The van der Waals surface area contributed by atoms with E-state index in [0.717, 1.165) is 18.9 Å². The molecule has 0 radical (unpaired) electrons. The van der Waals surface area contributed by atoms with E-state index in [1.54, 1.807) is 0 Å². The lowest BCUT2D eigenvalue weighted by Crippen LogP contribution is -2.07. The molecule has 0 saturated carbocycles. The molecule has 0 aliphatic rings. The number of anilines is 1. The van der Waals surface area contributed by atoms with Crippen molar-refractivity contribution < 1.29 is 0 Å². The highest BCUT2D eigenvalue weighted by Crippen LogP contribution is 2.30. The number of aryl methyl sites for hydroxylation is 2. The number of hydrogen-bond acceptors (Lipinski definition) is 2. The maximum atomic E-state index is 4.68. The smallest absolute Gasteiger partial charge is 0.150 e. The van der Waals surface area contributed by atoms with Crippen molar-refractivity contribution in [2.45, 2.75) is 33.9 Å². The summed E-state index contributed by atoms with van der Waals surface area (Å²) in [5, 5.41) is 4.85. The first-order chi connectivity index (χ1) is 13.1. The minimum Gasteiger partial charge on any atom is -0.364 e. The maximum Gasteiger partial charge on any atom is 0.150 e.